The van der Waals surface area contributed by atoms with Crippen molar-refractivity contribution in [2.45, 2.75) is 119 Å². The Morgan fingerprint density at radius 2 is 1.20 bits per heavy atom. The van der Waals surface area contributed by atoms with Gasteiger partial charge in [-0.15, -0.1) is 0 Å². The molecule has 7 aromatic rings. The van der Waals surface area contributed by atoms with E-state index in [4.69, 9.17) is 58.1 Å². The Bertz CT molecular complexity index is 3750. The van der Waals surface area contributed by atoms with Crippen LogP contribution >= 0.6 is 15.6 Å². The average Bonchev–Trinajstić information content (AvgIpc) is 3.84. The van der Waals surface area contributed by atoms with Crippen molar-refractivity contribution < 1.29 is 83.4 Å². The molecule has 39 heteroatoms. The predicted octanol–water partition coefficient (Wildman–Crippen LogP) is 1.95. The first-order chi connectivity index (χ1) is 39.1. The number of rotatable bonds is 22. The van der Waals surface area contributed by atoms with Crippen molar-refractivity contribution in [2.24, 2.45) is 0 Å². The van der Waals surface area contributed by atoms with E-state index < -0.39 is 137 Å². The van der Waals surface area contributed by atoms with Crippen LogP contribution in [0.2, 0.25) is 18.1 Å². The van der Waals surface area contributed by atoms with Crippen molar-refractivity contribution in [3.8, 4) is 0 Å². The lowest BCUT2D eigenvalue weighted by Crippen LogP contribution is -2.49. The normalized spacial score (nSPS) is 26.7. The van der Waals surface area contributed by atoms with E-state index >= 15 is 0 Å². The molecule has 0 aliphatic carbocycles. The van der Waals surface area contributed by atoms with E-state index in [0.717, 1.165) is 23.5 Å². The number of aromatic nitrogens is 12. The number of hydrogen-bond donors (Lipinski definition) is 7. The van der Waals surface area contributed by atoms with Crippen LogP contribution in [-0.2, 0) is 66.6 Å². The van der Waals surface area contributed by atoms with Gasteiger partial charge in [-0.25, -0.2) is 54.0 Å². The Labute approximate surface area is 471 Å². The molecule has 0 saturated carbocycles. The van der Waals surface area contributed by atoms with Gasteiger partial charge in [0.25, 0.3) is 15.8 Å². The Hall–Kier alpha value is -6.22. The monoisotopic (exact) mass is 1240 g/mol. The van der Waals surface area contributed by atoms with Gasteiger partial charge in [0, 0.05) is 18.6 Å². The number of phosphoric acid groups is 2. The summed E-state index contributed by atoms with van der Waals surface area (Å²) in [5, 5.41) is 33.0. The number of nitrogen functional groups attached to an aromatic ring is 3. The molecule has 10 rings (SSSR count). The number of nitrogens with zero attached hydrogens (tertiary/aromatic N) is 13. The number of nitro benzene ring substituents is 1. The molecule has 6 aromatic heterocycles. The van der Waals surface area contributed by atoms with Crippen LogP contribution in [0.1, 0.15) is 51.4 Å². The van der Waals surface area contributed by atoms with Gasteiger partial charge in [0.2, 0.25) is 0 Å². The van der Waals surface area contributed by atoms with E-state index in [-0.39, 0.29) is 69.5 Å². The summed E-state index contributed by atoms with van der Waals surface area (Å²) in [7, 11) is -18.6. The summed E-state index contributed by atoms with van der Waals surface area (Å²) in [4.78, 5) is 71.3. The third kappa shape index (κ3) is 12.5. The lowest BCUT2D eigenvalue weighted by Gasteiger charge is -2.40. The second kappa shape index (κ2) is 23.0. The van der Waals surface area contributed by atoms with Gasteiger partial charge in [0.05, 0.1) is 55.6 Å². The number of benzene rings is 1. The summed E-state index contributed by atoms with van der Waals surface area (Å²) in [6.45, 7) is 7.25. The molecule has 13 atom stereocenters. The Kier molecular flexibility index (Phi) is 16.6. The summed E-state index contributed by atoms with van der Waals surface area (Å²) in [5.41, 5.74) is 18.9. The maximum atomic E-state index is 14.7. The molecule has 1 aromatic carbocycles. The zero-order chi connectivity index (χ0) is 59.6. The number of aryl methyl sites for hydroxylation is 1. The molecule has 0 spiro atoms. The highest BCUT2D eigenvalue weighted by Crippen LogP contribution is 2.54. The molecule has 3 aliphatic heterocycles. The summed E-state index contributed by atoms with van der Waals surface area (Å²) in [6.07, 6.45) is -10.0. The summed E-state index contributed by atoms with van der Waals surface area (Å²) < 4.78 is 115. The van der Waals surface area contributed by atoms with Crippen LogP contribution in [0.3, 0.4) is 0 Å². The smallest absolute Gasteiger partial charge is 0.408 e. The number of ether oxygens (including phenoxy) is 3. The quantitative estimate of drug-likeness (QED) is 0.0168. The number of nitro groups is 1. The SMILES string of the molecule is CC(C)(C)[Si](C)(C)O[C@H]1[C@@H](O)[C@H](n2cnc3c(N)ncnc32)O[C@@H]1COP(=O)(O)O[C@@H]1[C@H](OS(=O)(=O)CCc2ccc([N+](=O)[O-])cc2)[C@@H](COP(=O)(O)O[C@@H]2C[C@@H](CO)O[C@H]2n2cnc3c(N)ncnc32)O[C@H]1n1cnc2c(N)ncnc21. The predicted molar refractivity (Wildman–Crippen MR) is 287 cm³/mol. The molecule has 0 radical (unpaired) electrons. The molecule has 3 aliphatic rings. The fraction of sp³-hybridized carbons (Fsp3) is 0.523. The van der Waals surface area contributed by atoms with Crippen molar-refractivity contribution in [3.05, 3.63) is 77.9 Å². The number of anilines is 3. The second-order valence-corrected chi connectivity index (χ2v) is 30.3. The van der Waals surface area contributed by atoms with Gasteiger partial charge >= 0.3 is 15.6 Å². The number of imidazole rings is 3. The molecule has 35 nitrogen and oxygen atoms in total. The van der Waals surface area contributed by atoms with Crippen molar-refractivity contribution in [1.29, 1.82) is 0 Å². The van der Waals surface area contributed by atoms with Crippen LogP contribution < -0.4 is 17.2 Å². The van der Waals surface area contributed by atoms with Crippen LogP contribution in [0.25, 0.3) is 33.5 Å². The number of hydrogen-bond acceptors (Lipinski definition) is 29. The van der Waals surface area contributed by atoms with Gasteiger partial charge in [-0.3, -0.25) is 46.1 Å². The first kappa shape index (κ1) is 59.9. The molecule has 2 unspecified atom stereocenters. The van der Waals surface area contributed by atoms with Gasteiger partial charge in [0.15, 0.2) is 61.4 Å². The number of phosphoric ester groups is 2. The molecule has 3 fully saturated rings. The summed E-state index contributed by atoms with van der Waals surface area (Å²) >= 11 is 0. The highest BCUT2D eigenvalue weighted by molar-refractivity contribution is 7.86. The van der Waals surface area contributed by atoms with E-state index in [0.29, 0.717) is 5.56 Å². The van der Waals surface area contributed by atoms with E-state index in [2.05, 4.69) is 44.9 Å². The minimum absolute atomic E-state index is 0.00661. The van der Waals surface area contributed by atoms with Crippen molar-refractivity contribution in [2.75, 3.05) is 42.8 Å². The maximum absolute atomic E-state index is 14.7. The van der Waals surface area contributed by atoms with Crippen LogP contribution in [0.5, 0.6) is 0 Å². The molecule has 448 valence electrons. The minimum Gasteiger partial charge on any atom is -0.408 e. The van der Waals surface area contributed by atoms with E-state index in [1.165, 1.54) is 52.4 Å². The van der Waals surface area contributed by atoms with Crippen molar-refractivity contribution in [1.82, 2.24) is 58.6 Å². The van der Waals surface area contributed by atoms with Gasteiger partial charge in [-0.2, -0.15) is 8.42 Å². The van der Waals surface area contributed by atoms with E-state index in [1.807, 2.05) is 33.9 Å². The Balaban J connectivity index is 0.964. The summed E-state index contributed by atoms with van der Waals surface area (Å²) in [6, 6.07) is 5.01. The highest BCUT2D eigenvalue weighted by Gasteiger charge is 2.56. The topological polar surface area (TPSA) is 484 Å². The molecular weight excluding hydrogens is 1180 g/mol. The standard InChI is InChI=1S/C44H58N16O19P2SSi/c1-44(2,3)83(4,5)79-32-26(74-42(31(32)62)58-20-55-29-36(46)49-17-52-39(29)58)14-72-81(67,68)77-34-33(78-82(69,70)11-10-22-6-8-23(9-7-22)60(63)64)27(75-43(34)59-21-56-30-37(47)50-18-53-40(30)59)15-71-80(65,66)76-25-12-24(13-61)73-41(25)57-19-54-28-35(45)48-16-51-38(28)57/h6-9,16-21,24-27,31-34,41-43,61-62H,10-15H2,1-5H3,(H,65,66)(H,67,68)(H2,45,48,51)(H2,46,49,52)(H2,47,50,53)/t24-,25+,26+,27+,31+,32+,33+,34+,41+,42+,43+/m0/s1. The largest absolute Gasteiger partial charge is 0.472 e. The van der Waals surface area contributed by atoms with Crippen molar-refractivity contribution in [3.63, 3.8) is 0 Å². The van der Waals surface area contributed by atoms with Gasteiger partial charge in [-0.1, -0.05) is 32.9 Å². The first-order valence-corrected chi connectivity index (χ1v) is 32.8. The number of non-ortho nitro benzene ring substituents is 1. The molecule has 0 amide bonds. The lowest BCUT2D eigenvalue weighted by atomic mass is 10.1. The fourth-order valence-corrected chi connectivity index (χ4v) is 13.7. The van der Waals surface area contributed by atoms with Crippen LogP contribution in [0.4, 0.5) is 23.1 Å². The first-order valence-electron chi connectivity index (χ1n) is 25.3. The number of fused-ring (bicyclic) bond motifs is 3. The zero-order valence-corrected chi connectivity index (χ0v) is 48.2. The Morgan fingerprint density at radius 1 is 0.723 bits per heavy atom. The lowest BCUT2D eigenvalue weighted by molar-refractivity contribution is -0.384. The second-order valence-electron chi connectivity index (χ2n) is 21.0. The van der Waals surface area contributed by atoms with Crippen LogP contribution in [0.15, 0.2) is 62.2 Å². The summed E-state index contributed by atoms with van der Waals surface area (Å²) in [5.74, 6) is -0.869. The maximum Gasteiger partial charge on any atom is 0.472 e. The minimum atomic E-state index is -5.59. The highest BCUT2D eigenvalue weighted by atomic mass is 32.2. The number of aliphatic hydroxyl groups excluding tert-OH is 2. The third-order valence-electron chi connectivity index (χ3n) is 14.5. The molecular formula is C44H58N16O19P2SSi. The zero-order valence-electron chi connectivity index (χ0n) is 44.6. The van der Waals surface area contributed by atoms with Crippen LogP contribution in [0, 0.1) is 10.1 Å². The molecule has 10 N–H and O–H groups in total. The fourth-order valence-electron chi connectivity index (χ4n) is 9.35. The molecule has 3 saturated heterocycles. The van der Waals surface area contributed by atoms with Crippen molar-refractivity contribution >= 4 is 90.7 Å². The van der Waals surface area contributed by atoms with Gasteiger partial charge in [0.1, 0.15) is 78.3 Å². The Morgan fingerprint density at radius 3 is 1.71 bits per heavy atom. The molecule has 0 bridgehead atoms. The van der Waals surface area contributed by atoms with Crippen LogP contribution in [-0.4, -0.2) is 175 Å². The molecule has 9 heterocycles. The molecule has 83 heavy (non-hydrogen) atoms. The van der Waals surface area contributed by atoms with Gasteiger partial charge in [-0.05, 0) is 30.1 Å². The van der Waals surface area contributed by atoms with E-state index in [9.17, 15) is 47.7 Å². The number of nitrogens with two attached hydrogens (primary N) is 3. The van der Waals surface area contributed by atoms with Gasteiger partial charge < -0.3 is 55.8 Å². The average molecular weight is 1240 g/mol. The van der Waals surface area contributed by atoms with E-state index in [1.54, 1.807) is 0 Å². The third-order valence-corrected chi connectivity index (χ3v) is 22.2. The number of aliphatic hydroxyl groups is 2.